The Hall–Kier alpha value is -1.37. The van der Waals surface area contributed by atoms with E-state index in [1.54, 1.807) is 0 Å². The smallest absolute Gasteiger partial charge is 0.0582 e. The van der Waals surface area contributed by atoms with Crippen molar-refractivity contribution in [2.75, 3.05) is 22.9 Å². The van der Waals surface area contributed by atoms with E-state index >= 15 is 0 Å². The molecule has 1 atom stereocenters. The normalized spacial score (nSPS) is 17.7. The molecule has 0 aromatic heterocycles. The van der Waals surface area contributed by atoms with E-state index in [0.717, 1.165) is 23.0 Å². The molecule has 3 saturated carbocycles. The standard InChI is InChI=1S/C21H26N2.C7H6.3C6H11.2ClH.H3P.Ru/c1-14-9-16(3)20(17(4)10-14)22-7-8-23(13-22)21-18(5)11-15(2)12-19(21)6;1-7-5-3-2-4-6-7;3*1-2-4-6-5-3-1;;;;/h9-12H,7-8H2,1-6H3;1-6H;3*1H,2-6H2;2*1H;1H3;/q;;3*-1;;;;+2/p-2. The molecule has 0 N–H and O–H groups in total. The molecule has 1 saturated heterocycles. The first kappa shape index (κ1) is 45.0. The number of anilines is 2. The Bertz CT molecular complexity index is 1450. The van der Waals surface area contributed by atoms with Crippen molar-refractivity contribution in [3.05, 3.63) is 113 Å². The van der Waals surface area contributed by atoms with Crippen molar-refractivity contribution < 1.29 is 11.9 Å². The van der Waals surface area contributed by atoms with Gasteiger partial charge in [-0.1, -0.05) is 57.8 Å². The van der Waals surface area contributed by atoms with Gasteiger partial charge in [0, 0.05) is 0 Å². The number of hydrogen-bond donors (Lipinski definition) is 0. The summed E-state index contributed by atoms with van der Waals surface area (Å²) in [4.78, 5) is 4.79. The Morgan fingerprint density at radius 2 is 0.846 bits per heavy atom. The zero-order chi connectivity index (χ0) is 36.6. The number of aryl methyl sites for hydroxylation is 6. The van der Waals surface area contributed by atoms with E-state index in [4.69, 9.17) is 19.4 Å². The molecule has 0 spiro atoms. The molecule has 3 aromatic carbocycles. The number of hydrogen-bond acceptors (Lipinski definition) is 2. The van der Waals surface area contributed by atoms with E-state index in [1.165, 1.54) is 141 Å². The quantitative estimate of drug-likeness (QED) is 0.147. The summed E-state index contributed by atoms with van der Waals surface area (Å²) < 4.78 is 3.18. The topological polar surface area (TPSA) is 6.48 Å². The number of rotatable bonds is 3. The van der Waals surface area contributed by atoms with Crippen LogP contribution in [0, 0.1) is 60.8 Å². The minimum Gasteiger partial charge on any atom is -0.328 e. The molecule has 0 radical (unpaired) electrons. The maximum atomic E-state index is 7.40. The summed E-state index contributed by atoms with van der Waals surface area (Å²) in [7, 11) is 14.8. The maximum Gasteiger partial charge on any atom is -0.0582 e. The molecule has 292 valence electrons. The summed E-state index contributed by atoms with van der Waals surface area (Å²) in [5, 5.41) is 0. The van der Waals surface area contributed by atoms with Crippen LogP contribution in [0.4, 0.5) is 11.4 Å². The number of nitrogens with zero attached hydrogens (tertiary/aromatic N) is 2. The third-order valence-electron chi connectivity index (χ3n) is 10.00. The molecule has 4 aliphatic rings. The van der Waals surface area contributed by atoms with Gasteiger partial charge in [-0.3, -0.25) is 0 Å². The van der Waals surface area contributed by atoms with Crippen LogP contribution in [0.25, 0.3) is 0 Å². The molecule has 4 fully saturated rings. The minimum absolute atomic E-state index is 0. The second kappa shape index (κ2) is 23.5. The van der Waals surface area contributed by atoms with Crippen LogP contribution < -0.4 is 9.80 Å². The van der Waals surface area contributed by atoms with Gasteiger partial charge in [0.2, 0.25) is 0 Å². The fourth-order valence-electron chi connectivity index (χ4n) is 7.79. The molecule has 6 heteroatoms. The van der Waals surface area contributed by atoms with E-state index in [9.17, 15) is 0 Å². The molecule has 1 aliphatic heterocycles. The van der Waals surface area contributed by atoms with Gasteiger partial charge in [-0.05, 0) is 0 Å². The first-order valence-electron chi connectivity index (χ1n) is 19.6. The summed E-state index contributed by atoms with van der Waals surface area (Å²) in [6.45, 7) is 14.8. The van der Waals surface area contributed by atoms with Crippen LogP contribution in [-0.4, -0.2) is 22.1 Å². The molecular weight excluding hydrogens is 783 g/mol. The van der Waals surface area contributed by atoms with Crippen LogP contribution in [0.2, 0.25) is 0 Å². The van der Waals surface area contributed by atoms with Crippen LogP contribution >= 0.6 is 29.3 Å². The molecule has 0 amide bonds. The van der Waals surface area contributed by atoms with E-state index in [1.807, 2.05) is 18.2 Å². The van der Waals surface area contributed by atoms with Gasteiger partial charge in [0.25, 0.3) is 0 Å². The van der Waals surface area contributed by atoms with Crippen molar-refractivity contribution in [3.8, 4) is 0 Å². The molecule has 2 nitrogen and oxygen atoms in total. The fraction of sp³-hybridized carbons (Fsp3) is 0.500. The summed E-state index contributed by atoms with van der Waals surface area (Å²) in [5.41, 5.74) is 11.1. The van der Waals surface area contributed by atoms with E-state index < -0.39 is 11.9 Å². The van der Waals surface area contributed by atoms with Gasteiger partial charge >= 0.3 is 210 Å². The molecular formula is C46H68Cl2N2PRu-3. The van der Waals surface area contributed by atoms with Gasteiger partial charge in [-0.15, -0.1) is 0 Å². The Balaban J connectivity index is 0.000000309. The van der Waals surface area contributed by atoms with Gasteiger partial charge in [0.15, 0.2) is 0 Å². The zero-order valence-electron chi connectivity index (χ0n) is 33.2. The Morgan fingerprint density at radius 1 is 0.519 bits per heavy atom. The predicted octanol–water partition coefficient (Wildman–Crippen LogP) is 13.8. The summed E-state index contributed by atoms with van der Waals surface area (Å²) in [5.74, 6) is 0. The largest absolute Gasteiger partial charge is 0.328 e. The van der Waals surface area contributed by atoms with Crippen molar-refractivity contribution in [1.82, 2.24) is 0 Å². The SMILES string of the molecule is Cc1cc(C)c(N2CCN(c3c(C)cc(C)cc3C)[C]2=[Ru]([Cl])([Cl])=[CH]c2ccccc2)c(C)c1.P.[CH-]1CCCCC1.[CH-]1CCCCC1.[CH-]1CCCCC1. The van der Waals surface area contributed by atoms with E-state index in [2.05, 4.69) is 112 Å². The van der Waals surface area contributed by atoms with E-state index in [0.29, 0.717) is 0 Å². The van der Waals surface area contributed by atoms with Gasteiger partial charge in [-0.2, -0.15) is 48.4 Å². The van der Waals surface area contributed by atoms with Gasteiger partial charge in [0.1, 0.15) is 0 Å². The first-order chi connectivity index (χ1) is 24.6. The molecule has 3 aliphatic carbocycles. The van der Waals surface area contributed by atoms with Crippen LogP contribution in [0.1, 0.15) is 135 Å². The average molecular weight is 852 g/mol. The molecule has 1 unspecified atom stereocenters. The summed E-state index contributed by atoms with van der Waals surface area (Å²) >= 11 is -3.44. The number of halogens is 2. The molecule has 0 bridgehead atoms. The van der Waals surface area contributed by atoms with Crippen LogP contribution in [0.15, 0.2) is 54.6 Å². The van der Waals surface area contributed by atoms with Gasteiger partial charge < -0.3 is 19.3 Å². The van der Waals surface area contributed by atoms with Crippen molar-refractivity contribution in [2.45, 2.75) is 138 Å². The monoisotopic (exact) mass is 851 g/mol. The number of benzene rings is 3. The van der Waals surface area contributed by atoms with Crippen LogP contribution in [-0.2, 0) is 11.9 Å². The summed E-state index contributed by atoms with van der Waals surface area (Å²) in [6, 6.07) is 19.2. The molecule has 1 heterocycles. The Morgan fingerprint density at radius 3 is 1.12 bits per heavy atom. The second-order valence-corrected chi connectivity index (χ2v) is 24.0. The van der Waals surface area contributed by atoms with Crippen molar-refractivity contribution in [2.24, 2.45) is 0 Å². The average Bonchev–Trinajstić information content (AvgIpc) is 3.56. The predicted molar refractivity (Wildman–Crippen MR) is 238 cm³/mol. The molecule has 52 heavy (non-hydrogen) atoms. The summed E-state index contributed by atoms with van der Waals surface area (Å²) in [6.07, 6.45) is 28.5. The van der Waals surface area contributed by atoms with Crippen molar-refractivity contribution >= 4 is 49.6 Å². The molecule has 3 aromatic rings. The van der Waals surface area contributed by atoms with Crippen LogP contribution in [0.5, 0.6) is 0 Å². The second-order valence-electron chi connectivity index (χ2n) is 14.8. The Kier molecular flexibility index (Phi) is 20.4. The van der Waals surface area contributed by atoms with Gasteiger partial charge in [0.05, 0.1) is 0 Å². The van der Waals surface area contributed by atoms with Gasteiger partial charge in [-0.25, -0.2) is 0 Å². The third-order valence-corrected chi connectivity index (χ3v) is 15.5. The third kappa shape index (κ3) is 14.0. The first-order valence-corrected chi connectivity index (χ1v) is 26.0. The van der Waals surface area contributed by atoms with Crippen molar-refractivity contribution in [3.63, 3.8) is 0 Å². The molecule has 7 rings (SSSR count). The maximum absolute atomic E-state index is 7.40. The zero-order valence-corrected chi connectivity index (χ0v) is 37.9. The minimum atomic E-state index is -3.44. The fourth-order valence-corrected chi connectivity index (χ4v) is 13.9. The van der Waals surface area contributed by atoms with E-state index in [-0.39, 0.29) is 9.90 Å². The Labute approximate surface area is 333 Å². The van der Waals surface area contributed by atoms with Crippen molar-refractivity contribution in [1.29, 1.82) is 0 Å². The van der Waals surface area contributed by atoms with Crippen LogP contribution in [0.3, 0.4) is 0 Å².